The SMILES string of the molecule is O=C(Nc1ccccc1)c1ccccc1NCc1nc(-c2ccc(C(F)(F)F)cc2)no1. The zero-order valence-electron chi connectivity index (χ0n) is 16.6. The number of hydrogen-bond donors (Lipinski definition) is 2. The number of rotatable bonds is 6. The van der Waals surface area contributed by atoms with Crippen LogP contribution in [0.1, 0.15) is 21.8 Å². The number of carbonyl (C=O) groups is 1. The number of hydrogen-bond acceptors (Lipinski definition) is 5. The number of amides is 1. The second-order valence-electron chi connectivity index (χ2n) is 6.81. The van der Waals surface area contributed by atoms with E-state index in [1.54, 1.807) is 36.4 Å². The van der Waals surface area contributed by atoms with Crippen molar-refractivity contribution in [3.8, 4) is 11.4 Å². The van der Waals surface area contributed by atoms with Gasteiger partial charge in [-0.1, -0.05) is 47.6 Å². The Bertz CT molecular complexity index is 1210. The number of para-hydroxylation sites is 2. The topological polar surface area (TPSA) is 80.0 Å². The van der Waals surface area contributed by atoms with Gasteiger partial charge < -0.3 is 15.2 Å². The Morgan fingerprint density at radius 2 is 1.59 bits per heavy atom. The molecule has 6 nitrogen and oxygen atoms in total. The van der Waals surface area contributed by atoms with E-state index in [9.17, 15) is 18.0 Å². The molecule has 1 heterocycles. The van der Waals surface area contributed by atoms with Crippen LogP contribution in [0.2, 0.25) is 0 Å². The van der Waals surface area contributed by atoms with Crippen molar-refractivity contribution >= 4 is 17.3 Å². The predicted molar refractivity (Wildman–Crippen MR) is 113 cm³/mol. The van der Waals surface area contributed by atoms with Gasteiger partial charge in [0.1, 0.15) is 0 Å². The summed E-state index contributed by atoms with van der Waals surface area (Å²) in [5, 5.41) is 9.73. The summed E-state index contributed by atoms with van der Waals surface area (Å²) in [6, 6.07) is 20.5. The second kappa shape index (κ2) is 8.93. The molecule has 0 fully saturated rings. The molecule has 1 aromatic heterocycles. The molecule has 9 heteroatoms. The minimum atomic E-state index is -4.41. The van der Waals surface area contributed by atoms with E-state index in [1.807, 2.05) is 18.2 Å². The van der Waals surface area contributed by atoms with E-state index in [4.69, 9.17) is 4.52 Å². The first kappa shape index (κ1) is 21.1. The van der Waals surface area contributed by atoms with Gasteiger partial charge in [-0.05, 0) is 36.4 Å². The Labute approximate surface area is 181 Å². The lowest BCUT2D eigenvalue weighted by molar-refractivity contribution is -0.137. The normalized spacial score (nSPS) is 11.2. The number of carbonyl (C=O) groups excluding carboxylic acids is 1. The lowest BCUT2D eigenvalue weighted by Crippen LogP contribution is -2.14. The fourth-order valence-electron chi connectivity index (χ4n) is 2.98. The predicted octanol–water partition coefficient (Wildman–Crippen LogP) is 5.62. The number of halogens is 3. The van der Waals surface area contributed by atoms with E-state index in [1.165, 1.54) is 12.1 Å². The molecular formula is C23H17F3N4O2. The summed E-state index contributed by atoms with van der Waals surface area (Å²) in [6.07, 6.45) is -4.41. The highest BCUT2D eigenvalue weighted by molar-refractivity contribution is 6.08. The molecule has 0 aliphatic heterocycles. The van der Waals surface area contributed by atoms with Crippen molar-refractivity contribution in [2.45, 2.75) is 12.7 Å². The van der Waals surface area contributed by atoms with Gasteiger partial charge in [-0.3, -0.25) is 4.79 Å². The highest BCUT2D eigenvalue weighted by Gasteiger charge is 2.30. The summed E-state index contributed by atoms with van der Waals surface area (Å²) in [4.78, 5) is 16.9. The van der Waals surface area contributed by atoms with Crippen molar-refractivity contribution in [3.05, 3.63) is 95.9 Å². The van der Waals surface area contributed by atoms with Crippen molar-refractivity contribution in [2.24, 2.45) is 0 Å². The van der Waals surface area contributed by atoms with Gasteiger partial charge in [0.25, 0.3) is 5.91 Å². The molecule has 0 bridgehead atoms. The first-order chi connectivity index (χ1) is 15.4. The molecule has 3 aromatic carbocycles. The molecular weight excluding hydrogens is 421 g/mol. The molecule has 0 atom stereocenters. The van der Waals surface area contributed by atoms with E-state index in [0.717, 1.165) is 12.1 Å². The van der Waals surface area contributed by atoms with Gasteiger partial charge in [-0.15, -0.1) is 0 Å². The number of anilines is 2. The van der Waals surface area contributed by atoms with Gasteiger partial charge >= 0.3 is 6.18 Å². The molecule has 0 unspecified atom stereocenters. The molecule has 1 amide bonds. The quantitative estimate of drug-likeness (QED) is 0.408. The maximum absolute atomic E-state index is 12.7. The van der Waals surface area contributed by atoms with E-state index >= 15 is 0 Å². The lowest BCUT2D eigenvalue weighted by atomic mass is 10.1. The lowest BCUT2D eigenvalue weighted by Gasteiger charge is -2.11. The van der Waals surface area contributed by atoms with Crippen molar-refractivity contribution in [3.63, 3.8) is 0 Å². The monoisotopic (exact) mass is 438 g/mol. The Balaban J connectivity index is 1.44. The molecule has 32 heavy (non-hydrogen) atoms. The molecule has 0 aliphatic rings. The molecule has 162 valence electrons. The summed E-state index contributed by atoms with van der Waals surface area (Å²) in [5.41, 5.74) is 1.31. The number of alkyl halides is 3. The second-order valence-corrected chi connectivity index (χ2v) is 6.81. The minimum Gasteiger partial charge on any atom is -0.375 e. The van der Waals surface area contributed by atoms with Crippen molar-refractivity contribution < 1.29 is 22.5 Å². The zero-order chi connectivity index (χ0) is 22.6. The highest BCUT2D eigenvalue weighted by Crippen LogP contribution is 2.30. The molecule has 0 saturated carbocycles. The molecule has 2 N–H and O–H groups in total. The van der Waals surface area contributed by atoms with Crippen LogP contribution in [-0.2, 0) is 12.7 Å². The van der Waals surface area contributed by atoms with Crippen LogP contribution in [0.15, 0.2) is 83.4 Å². The largest absolute Gasteiger partial charge is 0.416 e. The fraction of sp³-hybridized carbons (Fsp3) is 0.0870. The van der Waals surface area contributed by atoms with Crippen LogP contribution in [-0.4, -0.2) is 16.0 Å². The van der Waals surface area contributed by atoms with Crippen LogP contribution in [0.25, 0.3) is 11.4 Å². The number of nitrogens with one attached hydrogen (secondary N) is 2. The van der Waals surface area contributed by atoms with Crippen LogP contribution in [0.5, 0.6) is 0 Å². The summed E-state index contributed by atoms with van der Waals surface area (Å²) < 4.78 is 43.3. The van der Waals surface area contributed by atoms with Crippen LogP contribution in [0.4, 0.5) is 24.5 Å². The van der Waals surface area contributed by atoms with Crippen molar-refractivity contribution in [1.82, 2.24) is 10.1 Å². The van der Waals surface area contributed by atoms with Gasteiger partial charge in [-0.2, -0.15) is 18.2 Å². The first-order valence-corrected chi connectivity index (χ1v) is 9.60. The van der Waals surface area contributed by atoms with Crippen LogP contribution >= 0.6 is 0 Å². The average Bonchev–Trinajstić information content (AvgIpc) is 3.27. The summed E-state index contributed by atoms with van der Waals surface area (Å²) >= 11 is 0. The summed E-state index contributed by atoms with van der Waals surface area (Å²) in [6.45, 7) is 0.128. The minimum absolute atomic E-state index is 0.128. The van der Waals surface area contributed by atoms with Crippen molar-refractivity contribution in [2.75, 3.05) is 10.6 Å². The highest BCUT2D eigenvalue weighted by atomic mass is 19.4. The third-order valence-electron chi connectivity index (χ3n) is 4.57. The first-order valence-electron chi connectivity index (χ1n) is 9.60. The fourth-order valence-corrected chi connectivity index (χ4v) is 2.98. The summed E-state index contributed by atoms with van der Waals surface area (Å²) in [7, 11) is 0. The van der Waals surface area contributed by atoms with E-state index in [2.05, 4.69) is 20.8 Å². The zero-order valence-corrected chi connectivity index (χ0v) is 16.6. The van der Waals surface area contributed by atoms with E-state index < -0.39 is 11.7 Å². The standard InChI is InChI=1S/C23H17F3N4O2/c24-23(25,26)16-12-10-15(11-13-16)21-29-20(32-30-21)14-27-19-9-5-4-8-18(19)22(31)28-17-6-2-1-3-7-17/h1-13,27H,14H2,(H,28,31). The Hall–Kier alpha value is -4.14. The maximum Gasteiger partial charge on any atom is 0.416 e. The smallest absolute Gasteiger partial charge is 0.375 e. The Kier molecular flexibility index (Phi) is 5.89. The van der Waals surface area contributed by atoms with Crippen LogP contribution in [0, 0.1) is 0 Å². The van der Waals surface area contributed by atoms with Crippen molar-refractivity contribution in [1.29, 1.82) is 0 Å². The molecule has 0 aliphatic carbocycles. The molecule has 4 rings (SSSR count). The number of benzene rings is 3. The van der Waals surface area contributed by atoms with Gasteiger partial charge in [0.2, 0.25) is 11.7 Å². The van der Waals surface area contributed by atoms with Gasteiger partial charge in [0, 0.05) is 16.9 Å². The Morgan fingerprint density at radius 3 is 2.31 bits per heavy atom. The Morgan fingerprint density at radius 1 is 0.906 bits per heavy atom. The third kappa shape index (κ3) is 4.94. The van der Waals surface area contributed by atoms with Crippen LogP contribution < -0.4 is 10.6 Å². The molecule has 4 aromatic rings. The van der Waals surface area contributed by atoms with E-state index in [-0.39, 0.29) is 24.2 Å². The number of aromatic nitrogens is 2. The van der Waals surface area contributed by atoms with Gasteiger partial charge in [-0.25, -0.2) is 0 Å². The maximum atomic E-state index is 12.7. The van der Waals surface area contributed by atoms with Gasteiger partial charge in [0.05, 0.1) is 17.7 Å². The van der Waals surface area contributed by atoms with Gasteiger partial charge in [0.15, 0.2) is 0 Å². The molecule has 0 saturated heterocycles. The molecule has 0 spiro atoms. The summed E-state index contributed by atoms with van der Waals surface area (Å²) in [5.74, 6) is 0.110. The molecule has 0 radical (unpaired) electrons. The van der Waals surface area contributed by atoms with E-state index in [0.29, 0.717) is 22.5 Å². The number of nitrogens with zero attached hydrogens (tertiary/aromatic N) is 2. The third-order valence-corrected chi connectivity index (χ3v) is 4.57. The average molecular weight is 438 g/mol. The van der Waals surface area contributed by atoms with Crippen LogP contribution in [0.3, 0.4) is 0 Å².